The lowest BCUT2D eigenvalue weighted by molar-refractivity contribution is 0.185. The third-order valence-corrected chi connectivity index (χ3v) is 3.26. The van der Waals surface area contributed by atoms with Gasteiger partial charge in [0.2, 0.25) is 0 Å². The van der Waals surface area contributed by atoms with E-state index in [1.54, 1.807) is 13.3 Å². The molecule has 0 aliphatic heterocycles. The molecule has 0 spiro atoms. The van der Waals surface area contributed by atoms with Gasteiger partial charge in [-0.3, -0.25) is 4.57 Å². The fourth-order valence-electron chi connectivity index (χ4n) is 2.17. The minimum Gasteiger partial charge on any atom is -0.380 e. The number of aromatic amines is 1. The highest BCUT2D eigenvalue weighted by Gasteiger charge is 2.10. The Morgan fingerprint density at radius 2 is 2.11 bits per heavy atom. The van der Waals surface area contributed by atoms with Crippen molar-refractivity contribution in [2.75, 3.05) is 7.11 Å². The number of benzene rings is 1. The largest absolute Gasteiger partial charge is 0.380 e. The van der Waals surface area contributed by atoms with Crippen molar-refractivity contribution in [3.8, 4) is 5.69 Å². The van der Waals surface area contributed by atoms with E-state index in [9.17, 15) is 0 Å². The molecule has 3 aromatic rings. The van der Waals surface area contributed by atoms with Crippen molar-refractivity contribution in [1.29, 1.82) is 0 Å². The van der Waals surface area contributed by atoms with Crippen LogP contribution in [0.15, 0.2) is 42.6 Å². The zero-order chi connectivity index (χ0) is 13.2. The summed E-state index contributed by atoms with van der Waals surface area (Å²) in [5.41, 5.74) is 3.84. The summed E-state index contributed by atoms with van der Waals surface area (Å²) in [5.74, 6) is 0. The van der Waals surface area contributed by atoms with Gasteiger partial charge in [0, 0.05) is 18.9 Å². The first kappa shape index (κ1) is 12.1. The normalized spacial score (nSPS) is 11.0. The van der Waals surface area contributed by atoms with Crippen molar-refractivity contribution in [1.82, 2.24) is 14.5 Å². The lowest BCUT2D eigenvalue weighted by Crippen LogP contribution is -2.01. The molecular weight excluding hydrogens is 258 g/mol. The number of H-pyrrole nitrogens is 1. The monoisotopic (exact) mass is 271 g/mol. The molecule has 0 bridgehead atoms. The van der Waals surface area contributed by atoms with E-state index in [1.807, 2.05) is 41.0 Å². The zero-order valence-corrected chi connectivity index (χ0v) is 11.3. The molecule has 0 atom stereocenters. The third kappa shape index (κ3) is 2.07. The van der Waals surface area contributed by atoms with Gasteiger partial charge in [-0.2, -0.15) is 0 Å². The fraction of sp³-hybridized carbons (Fsp3) is 0.143. The summed E-state index contributed by atoms with van der Waals surface area (Å²) in [5, 5.41) is 0. The topological polar surface area (TPSA) is 42.8 Å². The number of imidazole rings is 1. The highest BCUT2D eigenvalue weighted by Crippen LogP contribution is 2.21. The van der Waals surface area contributed by atoms with Crippen LogP contribution in [0.5, 0.6) is 0 Å². The van der Waals surface area contributed by atoms with Crippen LogP contribution in [0, 0.1) is 4.77 Å². The van der Waals surface area contributed by atoms with Gasteiger partial charge in [-0.25, -0.2) is 4.98 Å². The summed E-state index contributed by atoms with van der Waals surface area (Å²) in [7, 11) is 1.68. The molecule has 1 aromatic carbocycles. The van der Waals surface area contributed by atoms with Crippen LogP contribution in [-0.2, 0) is 11.3 Å². The van der Waals surface area contributed by atoms with Crippen molar-refractivity contribution in [2.45, 2.75) is 6.61 Å². The molecular formula is C14H13N3OS. The van der Waals surface area contributed by atoms with E-state index in [1.165, 1.54) is 0 Å². The number of para-hydroxylation sites is 1. The Hall–Kier alpha value is -1.98. The summed E-state index contributed by atoms with van der Waals surface area (Å²) in [4.78, 5) is 7.57. The second-order valence-corrected chi connectivity index (χ2v) is 4.59. The lowest BCUT2D eigenvalue weighted by atomic mass is 10.2. The first-order valence-electron chi connectivity index (χ1n) is 5.94. The maximum absolute atomic E-state index is 5.41. The van der Waals surface area contributed by atoms with Gasteiger partial charge in [0.05, 0.1) is 17.8 Å². The van der Waals surface area contributed by atoms with Gasteiger partial charge in [-0.1, -0.05) is 18.2 Å². The summed E-state index contributed by atoms with van der Waals surface area (Å²) < 4.78 is 7.82. The maximum Gasteiger partial charge on any atom is 0.184 e. The van der Waals surface area contributed by atoms with E-state index in [4.69, 9.17) is 17.0 Å². The molecule has 0 radical (unpaired) electrons. The Bertz CT molecular complexity index is 775. The maximum atomic E-state index is 5.41. The van der Waals surface area contributed by atoms with Gasteiger partial charge < -0.3 is 9.72 Å². The molecule has 1 N–H and O–H groups in total. The number of fused-ring (bicyclic) bond motifs is 1. The van der Waals surface area contributed by atoms with E-state index in [0.29, 0.717) is 11.4 Å². The molecule has 0 saturated carbocycles. The van der Waals surface area contributed by atoms with Crippen molar-refractivity contribution in [3.63, 3.8) is 0 Å². The predicted octanol–water partition coefficient (Wildman–Crippen LogP) is 3.23. The summed E-state index contributed by atoms with van der Waals surface area (Å²) in [6.07, 6.45) is 1.76. The first-order valence-corrected chi connectivity index (χ1v) is 6.35. The molecule has 3 rings (SSSR count). The molecule has 4 nitrogen and oxygen atoms in total. The number of ether oxygens (including phenoxy) is 1. The first-order chi connectivity index (χ1) is 9.31. The summed E-state index contributed by atoms with van der Waals surface area (Å²) in [6, 6.07) is 11.9. The molecule has 96 valence electrons. The number of rotatable bonds is 3. The third-order valence-electron chi connectivity index (χ3n) is 2.98. The Balaban J connectivity index is 2.30. The average Bonchev–Trinajstić information content (AvgIpc) is 2.76. The molecule has 19 heavy (non-hydrogen) atoms. The van der Waals surface area contributed by atoms with Gasteiger partial charge in [0.15, 0.2) is 10.4 Å². The number of nitrogens with zero attached hydrogens (tertiary/aromatic N) is 2. The quantitative estimate of drug-likeness (QED) is 0.744. The highest BCUT2D eigenvalue weighted by atomic mass is 32.1. The number of methoxy groups -OCH3 is 1. The van der Waals surface area contributed by atoms with Crippen LogP contribution < -0.4 is 0 Å². The van der Waals surface area contributed by atoms with Crippen LogP contribution in [-0.4, -0.2) is 21.6 Å². The smallest absolute Gasteiger partial charge is 0.184 e. The molecule has 0 aliphatic carbocycles. The van der Waals surface area contributed by atoms with Gasteiger partial charge in [-0.05, 0) is 30.4 Å². The number of hydrogen-bond donors (Lipinski definition) is 1. The number of pyridine rings is 1. The lowest BCUT2D eigenvalue weighted by Gasteiger charge is -2.10. The Morgan fingerprint density at radius 3 is 2.95 bits per heavy atom. The number of aromatic nitrogens is 3. The van der Waals surface area contributed by atoms with E-state index >= 15 is 0 Å². The number of hydrogen-bond acceptors (Lipinski definition) is 3. The molecule has 0 amide bonds. The van der Waals surface area contributed by atoms with Gasteiger partial charge >= 0.3 is 0 Å². The molecule has 0 fully saturated rings. The van der Waals surface area contributed by atoms with E-state index in [0.717, 1.165) is 22.4 Å². The molecule has 2 heterocycles. The predicted molar refractivity (Wildman–Crippen MR) is 77.0 cm³/mol. The Labute approximate surface area is 115 Å². The van der Waals surface area contributed by atoms with Crippen molar-refractivity contribution in [2.24, 2.45) is 0 Å². The standard InChI is InChI=1S/C14H13N3OS/c1-18-9-10-5-2-3-7-12(10)17-13-11(16-14(17)19)6-4-8-15-13/h2-8H,9H2,1H3,(H,16,19). The van der Waals surface area contributed by atoms with Crippen molar-refractivity contribution < 1.29 is 4.74 Å². The Morgan fingerprint density at radius 1 is 1.26 bits per heavy atom. The molecule has 0 unspecified atom stereocenters. The van der Waals surface area contributed by atoms with E-state index in [-0.39, 0.29) is 0 Å². The Kier molecular flexibility index (Phi) is 3.15. The van der Waals surface area contributed by atoms with Crippen LogP contribution in [0.3, 0.4) is 0 Å². The van der Waals surface area contributed by atoms with Gasteiger partial charge in [0.1, 0.15) is 0 Å². The zero-order valence-electron chi connectivity index (χ0n) is 10.5. The van der Waals surface area contributed by atoms with Crippen molar-refractivity contribution in [3.05, 3.63) is 52.9 Å². The van der Waals surface area contributed by atoms with E-state index in [2.05, 4.69) is 9.97 Å². The second-order valence-electron chi connectivity index (χ2n) is 4.20. The van der Waals surface area contributed by atoms with Crippen LogP contribution in [0.1, 0.15) is 5.56 Å². The van der Waals surface area contributed by atoms with E-state index < -0.39 is 0 Å². The average molecular weight is 271 g/mol. The second kappa shape index (κ2) is 4.95. The highest BCUT2D eigenvalue weighted by molar-refractivity contribution is 7.71. The van der Waals surface area contributed by atoms with Crippen LogP contribution >= 0.6 is 12.2 Å². The fourth-order valence-corrected chi connectivity index (χ4v) is 2.46. The van der Waals surface area contributed by atoms with Crippen LogP contribution in [0.2, 0.25) is 0 Å². The van der Waals surface area contributed by atoms with Crippen LogP contribution in [0.4, 0.5) is 0 Å². The van der Waals surface area contributed by atoms with Gasteiger partial charge in [0.25, 0.3) is 0 Å². The molecule has 0 saturated heterocycles. The van der Waals surface area contributed by atoms with Crippen LogP contribution in [0.25, 0.3) is 16.9 Å². The molecule has 2 aromatic heterocycles. The summed E-state index contributed by atoms with van der Waals surface area (Å²) in [6.45, 7) is 0.539. The number of nitrogens with one attached hydrogen (secondary N) is 1. The van der Waals surface area contributed by atoms with Crippen molar-refractivity contribution >= 4 is 23.4 Å². The SMILES string of the molecule is COCc1ccccc1-n1c(=S)[nH]c2cccnc21. The summed E-state index contributed by atoms with van der Waals surface area (Å²) >= 11 is 5.41. The minimum atomic E-state index is 0.539. The molecule has 5 heteroatoms. The van der Waals surface area contributed by atoms with Gasteiger partial charge in [-0.15, -0.1) is 0 Å². The minimum absolute atomic E-state index is 0.539. The molecule has 0 aliphatic rings.